The van der Waals surface area contributed by atoms with Crippen LogP contribution in [0.4, 0.5) is 5.69 Å². The van der Waals surface area contributed by atoms with Crippen LogP contribution in [-0.4, -0.2) is 36.2 Å². The largest absolute Gasteiger partial charge is 0.479 e. The molecule has 0 fully saturated rings. The lowest BCUT2D eigenvalue weighted by Gasteiger charge is -2.23. The first-order chi connectivity index (χ1) is 17.0. The van der Waals surface area contributed by atoms with Gasteiger partial charge in [0, 0.05) is 11.1 Å². The second kappa shape index (κ2) is 9.29. The molecule has 0 aliphatic rings. The summed E-state index contributed by atoms with van der Waals surface area (Å²) in [5.74, 6) is -3.28. The Morgan fingerprint density at radius 3 is 2.06 bits per heavy atom. The van der Waals surface area contributed by atoms with Crippen molar-refractivity contribution in [1.29, 1.82) is 0 Å². The Morgan fingerprint density at radius 2 is 1.50 bits per heavy atom. The minimum Gasteiger partial charge on any atom is -0.479 e. The number of carboxylic acid groups (broad SMARTS) is 1. The number of para-hydroxylation sites is 1. The van der Waals surface area contributed by atoms with Crippen LogP contribution in [0.5, 0.6) is 0 Å². The first-order valence-electron chi connectivity index (χ1n) is 10.6. The summed E-state index contributed by atoms with van der Waals surface area (Å²) >= 11 is 0. The van der Waals surface area contributed by atoms with Crippen LogP contribution < -0.4 is 16.8 Å². The van der Waals surface area contributed by atoms with Crippen molar-refractivity contribution in [1.82, 2.24) is 0 Å². The van der Waals surface area contributed by atoms with E-state index >= 15 is 0 Å². The second-order valence-corrected chi connectivity index (χ2v) is 10.3. The predicted octanol–water partition coefficient (Wildman–Crippen LogP) is 2.74. The third-order valence-electron chi connectivity index (χ3n) is 5.57. The summed E-state index contributed by atoms with van der Waals surface area (Å²) in [6.45, 7) is 0. The molecule has 1 atom stereocenters. The van der Waals surface area contributed by atoms with Gasteiger partial charge in [-0.2, -0.15) is 0 Å². The van der Waals surface area contributed by atoms with Gasteiger partial charge in [0.1, 0.15) is 5.58 Å². The number of anilines is 1. The molecule has 0 aliphatic carbocycles. The molecule has 3 aromatic carbocycles. The molecule has 11 heteroatoms. The van der Waals surface area contributed by atoms with Gasteiger partial charge < -0.3 is 26.3 Å². The molecule has 4 rings (SSSR count). The fraction of sp³-hybridized carbons (Fsp3) is 0.0800. The Morgan fingerprint density at radius 1 is 0.917 bits per heavy atom. The number of nitrogens with one attached hydrogen (secondary N) is 1. The number of furan rings is 1. The number of carbonyl (C=O) groups excluding carboxylic acids is 2. The lowest BCUT2D eigenvalue weighted by molar-refractivity contribution is -0.141. The molecule has 0 saturated heterocycles. The normalized spacial score (nSPS) is 13.1. The minimum absolute atomic E-state index is 0.172. The van der Waals surface area contributed by atoms with Crippen LogP contribution >= 0.6 is 0 Å². The predicted molar refractivity (Wildman–Crippen MR) is 132 cm³/mol. The van der Waals surface area contributed by atoms with Gasteiger partial charge in [0.2, 0.25) is 20.6 Å². The molecule has 0 saturated carbocycles. The van der Waals surface area contributed by atoms with Gasteiger partial charge >= 0.3 is 5.97 Å². The second-order valence-electron chi connectivity index (χ2n) is 8.05. The number of hydrogen-bond donors (Lipinski definition) is 4. The van der Waals surface area contributed by atoms with Crippen molar-refractivity contribution in [2.75, 3.05) is 5.32 Å². The number of rotatable bonds is 8. The van der Waals surface area contributed by atoms with Crippen molar-refractivity contribution in [3.63, 3.8) is 0 Å². The third kappa shape index (κ3) is 4.57. The molecular formula is C25H21N3O7S. The number of aliphatic carboxylic acids is 1. The number of fused-ring (bicyclic) bond motifs is 1. The molecule has 0 aliphatic heterocycles. The van der Waals surface area contributed by atoms with Gasteiger partial charge in [0.25, 0.3) is 5.91 Å². The molecule has 36 heavy (non-hydrogen) atoms. The highest BCUT2D eigenvalue weighted by Gasteiger charge is 2.49. The Kier molecular flexibility index (Phi) is 6.35. The van der Waals surface area contributed by atoms with Crippen molar-refractivity contribution in [2.45, 2.75) is 16.2 Å². The molecule has 184 valence electrons. The highest BCUT2D eigenvalue weighted by Crippen LogP contribution is 2.28. The minimum atomic E-state index is -4.63. The van der Waals surface area contributed by atoms with Gasteiger partial charge in [-0.05, 0) is 47.5 Å². The quantitative estimate of drug-likeness (QED) is 0.281. The molecule has 1 aromatic heterocycles. The summed E-state index contributed by atoms with van der Waals surface area (Å²) in [7, 11) is -4.63. The van der Waals surface area contributed by atoms with Crippen molar-refractivity contribution in [2.24, 2.45) is 11.5 Å². The number of carbonyl (C=O) groups is 3. The zero-order valence-electron chi connectivity index (χ0n) is 18.7. The number of carboxylic acids is 1. The van der Waals surface area contributed by atoms with Crippen molar-refractivity contribution >= 4 is 44.3 Å². The van der Waals surface area contributed by atoms with Crippen LogP contribution in [0.15, 0.2) is 88.2 Å². The number of primary amides is 1. The maximum absolute atomic E-state index is 12.8. The van der Waals surface area contributed by atoms with Gasteiger partial charge in [-0.15, -0.1) is 0 Å². The van der Waals surface area contributed by atoms with E-state index in [0.29, 0.717) is 22.4 Å². The molecule has 0 radical (unpaired) electrons. The summed E-state index contributed by atoms with van der Waals surface area (Å²) in [6.07, 6.45) is -1.08. The Labute approximate surface area is 205 Å². The molecule has 6 N–H and O–H groups in total. The number of hydrogen-bond acceptors (Lipinski definition) is 7. The van der Waals surface area contributed by atoms with Crippen LogP contribution in [-0.2, 0) is 19.4 Å². The van der Waals surface area contributed by atoms with Gasteiger partial charge in [-0.25, -0.2) is 13.2 Å². The molecule has 4 aromatic rings. The molecular weight excluding hydrogens is 486 g/mol. The first-order valence-corrected chi connectivity index (χ1v) is 12.1. The van der Waals surface area contributed by atoms with Crippen LogP contribution in [0.25, 0.3) is 22.1 Å². The molecule has 1 heterocycles. The average molecular weight is 508 g/mol. The monoisotopic (exact) mass is 507 g/mol. The van der Waals surface area contributed by atoms with Gasteiger partial charge in [-0.3, -0.25) is 9.59 Å². The van der Waals surface area contributed by atoms with Gasteiger partial charge in [-0.1, -0.05) is 42.5 Å². The van der Waals surface area contributed by atoms with Gasteiger partial charge in [0.15, 0.2) is 5.76 Å². The lowest BCUT2D eigenvalue weighted by atomic mass is 10.1. The molecule has 10 nitrogen and oxygen atoms in total. The SMILES string of the molecule is NC(=O)C[C@](N)(C(=O)O)S(=O)(=O)c1ccc(-c2ccc(NC(=O)c3cc4ccccc4o3)cc2)cc1. The number of nitrogens with two attached hydrogens (primary N) is 2. The van der Waals surface area contributed by atoms with E-state index in [2.05, 4.69) is 5.32 Å². The summed E-state index contributed by atoms with van der Waals surface area (Å²) in [4.78, 5) is 32.1. The Bertz CT molecular complexity index is 1540. The lowest BCUT2D eigenvalue weighted by Crippen LogP contribution is -2.56. The van der Waals surface area contributed by atoms with Crippen LogP contribution in [0.1, 0.15) is 17.0 Å². The van der Waals surface area contributed by atoms with Crippen molar-refractivity contribution in [3.8, 4) is 11.1 Å². The van der Waals surface area contributed by atoms with E-state index in [4.69, 9.17) is 15.9 Å². The van der Waals surface area contributed by atoms with Crippen molar-refractivity contribution in [3.05, 3.63) is 84.6 Å². The van der Waals surface area contributed by atoms with E-state index in [9.17, 15) is 27.9 Å². The fourth-order valence-corrected chi connectivity index (χ4v) is 5.09. The van der Waals surface area contributed by atoms with E-state index in [1.165, 1.54) is 24.3 Å². The summed E-state index contributed by atoms with van der Waals surface area (Å²) < 4.78 is 31.2. The zero-order valence-corrected chi connectivity index (χ0v) is 19.5. The van der Waals surface area contributed by atoms with Crippen molar-refractivity contribution < 1.29 is 32.3 Å². The Hall–Kier alpha value is -4.48. The summed E-state index contributed by atoms with van der Waals surface area (Å²) in [5, 5.41) is 12.9. The molecule has 0 spiro atoms. The smallest absolute Gasteiger partial charge is 0.340 e. The highest BCUT2D eigenvalue weighted by molar-refractivity contribution is 7.93. The third-order valence-corrected chi connectivity index (χ3v) is 7.74. The number of sulfone groups is 1. The zero-order chi connectivity index (χ0) is 26.1. The van der Waals surface area contributed by atoms with E-state index in [1.807, 2.05) is 18.2 Å². The maximum Gasteiger partial charge on any atom is 0.340 e. The average Bonchev–Trinajstić information content (AvgIpc) is 3.28. The van der Waals surface area contributed by atoms with E-state index < -0.39 is 38.9 Å². The van der Waals surface area contributed by atoms with Gasteiger partial charge in [0.05, 0.1) is 11.3 Å². The number of benzene rings is 3. The molecule has 0 unspecified atom stereocenters. The van der Waals surface area contributed by atoms with E-state index in [0.717, 1.165) is 5.39 Å². The maximum atomic E-state index is 12.8. The number of amides is 2. The standard InChI is InChI=1S/C25H21N3O7S/c26-22(29)14-25(27,24(31)32)36(33,34)19-11-7-16(8-12-19)15-5-9-18(10-6-15)28-23(30)21-13-17-3-1-2-4-20(17)35-21/h1-13H,14,27H2,(H2,26,29)(H,28,30)(H,31,32)/t25-/m1/s1. The molecule has 0 bridgehead atoms. The van der Waals surface area contributed by atoms with E-state index in [-0.39, 0.29) is 10.7 Å². The molecule has 2 amide bonds. The fourth-order valence-electron chi connectivity index (χ4n) is 3.61. The topological polar surface area (TPSA) is 183 Å². The summed E-state index contributed by atoms with van der Waals surface area (Å²) in [6, 6.07) is 21.0. The highest BCUT2D eigenvalue weighted by atomic mass is 32.2. The van der Waals surface area contributed by atoms with Crippen LogP contribution in [0.3, 0.4) is 0 Å². The van der Waals surface area contributed by atoms with E-state index in [1.54, 1.807) is 36.4 Å². The Balaban J connectivity index is 1.51. The summed E-state index contributed by atoms with van der Waals surface area (Å²) in [5.41, 5.74) is 13.0. The van der Waals surface area contributed by atoms with Crippen LogP contribution in [0.2, 0.25) is 0 Å². The first kappa shape index (κ1) is 24.6. The van der Waals surface area contributed by atoms with Crippen LogP contribution in [0, 0.1) is 0 Å².